The van der Waals surface area contributed by atoms with E-state index in [2.05, 4.69) is 0 Å². The van der Waals surface area contributed by atoms with Gasteiger partial charge in [-0.05, 0) is 12.1 Å². The fraction of sp³-hybridized carbons (Fsp3) is 0.125. The van der Waals surface area contributed by atoms with Crippen LogP contribution in [0.4, 0.5) is 5.69 Å². The molecule has 0 N–H and O–H groups in total. The van der Waals surface area contributed by atoms with Crippen LogP contribution >= 0.6 is 0 Å². The summed E-state index contributed by atoms with van der Waals surface area (Å²) in [6, 6.07) is 9.51. The zero-order chi connectivity index (χ0) is 7.68. The van der Waals surface area contributed by atoms with Crippen LogP contribution in [0, 0.1) is 0 Å². The molecule has 3 nitrogen and oxygen atoms in total. The van der Waals surface area contributed by atoms with Gasteiger partial charge in [-0.15, -0.1) is 0 Å². The summed E-state index contributed by atoms with van der Waals surface area (Å²) >= 11 is 0. The molecular formula is C8H7NO2. The molecule has 1 aliphatic rings. The van der Waals surface area contributed by atoms with Crippen LogP contribution in [0.1, 0.15) is 0 Å². The Bertz CT molecular complexity index is 260. The lowest BCUT2D eigenvalue weighted by Crippen LogP contribution is -1.98. The molecule has 1 atom stereocenters. The Morgan fingerprint density at radius 1 is 1.36 bits per heavy atom. The lowest BCUT2D eigenvalue weighted by atomic mass is 10.3. The standard InChI is InChI=1S/C8H7NO2/c10-6-8-9(11-8)7-4-2-1-3-5-7/h1-6,8H. The zero-order valence-corrected chi connectivity index (χ0v) is 5.81. The number of rotatable bonds is 2. The van der Waals surface area contributed by atoms with E-state index in [0.717, 1.165) is 12.0 Å². The molecule has 1 aromatic carbocycles. The van der Waals surface area contributed by atoms with Gasteiger partial charge in [-0.2, -0.15) is 0 Å². The second-order valence-electron chi connectivity index (χ2n) is 2.29. The molecule has 1 aliphatic heterocycles. The Labute approximate surface area is 64.1 Å². The molecule has 0 saturated carbocycles. The molecule has 0 spiro atoms. The van der Waals surface area contributed by atoms with Gasteiger partial charge >= 0.3 is 0 Å². The molecule has 0 bridgehead atoms. The SMILES string of the molecule is O=CC1ON1c1ccccc1. The predicted molar refractivity (Wildman–Crippen MR) is 39.9 cm³/mol. The number of benzene rings is 1. The van der Waals surface area contributed by atoms with E-state index in [-0.39, 0.29) is 6.23 Å². The molecule has 1 heterocycles. The fourth-order valence-corrected chi connectivity index (χ4v) is 0.952. The van der Waals surface area contributed by atoms with E-state index < -0.39 is 0 Å². The molecule has 0 radical (unpaired) electrons. The van der Waals surface area contributed by atoms with Crippen molar-refractivity contribution < 1.29 is 9.63 Å². The highest BCUT2D eigenvalue weighted by Crippen LogP contribution is 2.27. The van der Waals surface area contributed by atoms with Crippen LogP contribution in [0.5, 0.6) is 0 Å². The van der Waals surface area contributed by atoms with E-state index in [1.165, 1.54) is 0 Å². The summed E-state index contributed by atoms with van der Waals surface area (Å²) in [5.41, 5.74) is 0.921. The van der Waals surface area contributed by atoms with Crippen LogP contribution in [0.3, 0.4) is 0 Å². The summed E-state index contributed by atoms with van der Waals surface area (Å²) < 4.78 is 0. The quantitative estimate of drug-likeness (QED) is 0.464. The minimum atomic E-state index is -0.364. The summed E-state index contributed by atoms with van der Waals surface area (Å²) in [6.45, 7) is 0. The van der Waals surface area contributed by atoms with Gasteiger partial charge in [0, 0.05) is 0 Å². The Morgan fingerprint density at radius 2 is 2.09 bits per heavy atom. The maximum absolute atomic E-state index is 10.2. The number of nitrogens with zero attached hydrogens (tertiary/aromatic N) is 1. The normalized spacial score (nSPS) is 21.5. The minimum Gasteiger partial charge on any atom is -0.298 e. The summed E-state index contributed by atoms with van der Waals surface area (Å²) in [7, 11) is 0. The first-order valence-electron chi connectivity index (χ1n) is 3.38. The highest BCUT2D eigenvalue weighted by atomic mass is 16.8. The number of carbonyl (C=O) groups is 1. The van der Waals surface area contributed by atoms with Gasteiger partial charge in [0.15, 0.2) is 6.29 Å². The van der Waals surface area contributed by atoms with Crippen LogP contribution in [0.25, 0.3) is 0 Å². The molecule has 56 valence electrons. The number of hydrogen-bond donors (Lipinski definition) is 0. The number of hydroxylamine groups is 1. The van der Waals surface area contributed by atoms with Crippen LogP contribution in [-0.2, 0) is 9.63 Å². The number of anilines is 1. The highest BCUT2D eigenvalue weighted by Gasteiger charge is 2.36. The molecule has 0 aliphatic carbocycles. The van der Waals surface area contributed by atoms with Crippen molar-refractivity contribution >= 4 is 12.0 Å². The third-order valence-corrected chi connectivity index (χ3v) is 1.53. The van der Waals surface area contributed by atoms with Gasteiger partial charge in [0.1, 0.15) is 0 Å². The lowest BCUT2D eigenvalue weighted by Gasteiger charge is -1.94. The van der Waals surface area contributed by atoms with Gasteiger partial charge < -0.3 is 0 Å². The van der Waals surface area contributed by atoms with Crippen molar-refractivity contribution in [1.82, 2.24) is 0 Å². The van der Waals surface area contributed by atoms with E-state index in [1.807, 2.05) is 30.3 Å². The third-order valence-electron chi connectivity index (χ3n) is 1.53. The van der Waals surface area contributed by atoms with Crippen molar-refractivity contribution in [2.24, 2.45) is 0 Å². The van der Waals surface area contributed by atoms with E-state index in [1.54, 1.807) is 5.06 Å². The highest BCUT2D eigenvalue weighted by molar-refractivity contribution is 5.67. The number of para-hydroxylation sites is 1. The average Bonchev–Trinajstić information content (AvgIpc) is 2.85. The first kappa shape index (κ1) is 6.37. The molecule has 1 saturated heterocycles. The van der Waals surface area contributed by atoms with E-state index in [0.29, 0.717) is 0 Å². The van der Waals surface area contributed by atoms with Crippen molar-refractivity contribution in [2.75, 3.05) is 5.06 Å². The maximum atomic E-state index is 10.2. The van der Waals surface area contributed by atoms with E-state index in [4.69, 9.17) is 4.84 Å². The first-order chi connectivity index (χ1) is 5.42. The Morgan fingerprint density at radius 3 is 2.64 bits per heavy atom. The molecule has 3 heteroatoms. The Balaban J connectivity index is 2.14. The van der Waals surface area contributed by atoms with E-state index in [9.17, 15) is 4.79 Å². The molecule has 11 heavy (non-hydrogen) atoms. The van der Waals surface area contributed by atoms with Gasteiger partial charge in [-0.3, -0.25) is 4.79 Å². The first-order valence-corrected chi connectivity index (χ1v) is 3.38. The predicted octanol–water partition coefficient (Wildman–Crippen LogP) is 0.963. The second-order valence-corrected chi connectivity index (χ2v) is 2.29. The number of hydrogen-bond acceptors (Lipinski definition) is 3. The average molecular weight is 149 g/mol. The van der Waals surface area contributed by atoms with Crippen LogP contribution in [0.15, 0.2) is 30.3 Å². The molecule has 1 aromatic rings. The van der Waals surface area contributed by atoms with E-state index >= 15 is 0 Å². The zero-order valence-electron chi connectivity index (χ0n) is 5.81. The largest absolute Gasteiger partial charge is 0.298 e. The summed E-state index contributed by atoms with van der Waals surface area (Å²) in [5, 5.41) is 1.56. The van der Waals surface area contributed by atoms with Crippen molar-refractivity contribution in [2.45, 2.75) is 6.23 Å². The van der Waals surface area contributed by atoms with Crippen molar-refractivity contribution in [3.05, 3.63) is 30.3 Å². The monoisotopic (exact) mass is 149 g/mol. The topological polar surface area (TPSA) is 32.6 Å². The van der Waals surface area contributed by atoms with Crippen molar-refractivity contribution in [3.8, 4) is 0 Å². The maximum Gasteiger partial charge on any atom is 0.236 e. The molecule has 1 fully saturated rings. The summed E-state index contributed by atoms with van der Waals surface area (Å²) in [4.78, 5) is 15.1. The van der Waals surface area contributed by atoms with Crippen molar-refractivity contribution in [1.29, 1.82) is 0 Å². The van der Waals surface area contributed by atoms with Crippen LogP contribution in [-0.4, -0.2) is 12.5 Å². The molecular weight excluding hydrogens is 142 g/mol. The summed E-state index contributed by atoms with van der Waals surface area (Å²) in [5.74, 6) is 0. The molecule has 1 unspecified atom stereocenters. The lowest BCUT2D eigenvalue weighted by molar-refractivity contribution is -0.108. The molecule has 0 aromatic heterocycles. The molecule has 0 amide bonds. The fourth-order valence-electron chi connectivity index (χ4n) is 0.952. The number of carbonyl (C=O) groups excluding carboxylic acids is 1. The van der Waals surface area contributed by atoms with Crippen molar-refractivity contribution in [3.63, 3.8) is 0 Å². The summed E-state index contributed by atoms with van der Waals surface area (Å²) in [6.07, 6.45) is 0.407. The Kier molecular flexibility index (Phi) is 1.36. The van der Waals surface area contributed by atoms with Gasteiger partial charge in [0.05, 0.1) is 5.69 Å². The Hall–Kier alpha value is -1.35. The second kappa shape index (κ2) is 2.36. The van der Waals surface area contributed by atoms with Gasteiger partial charge in [0.2, 0.25) is 6.23 Å². The van der Waals surface area contributed by atoms with Gasteiger partial charge in [0.25, 0.3) is 0 Å². The minimum absolute atomic E-state index is 0.364. The molecule has 2 rings (SSSR count). The van der Waals surface area contributed by atoms with Gasteiger partial charge in [-0.25, -0.2) is 9.90 Å². The van der Waals surface area contributed by atoms with Crippen LogP contribution < -0.4 is 5.06 Å². The van der Waals surface area contributed by atoms with Gasteiger partial charge in [-0.1, -0.05) is 18.2 Å². The smallest absolute Gasteiger partial charge is 0.236 e. The third kappa shape index (κ3) is 1.10. The number of aldehydes is 1. The van der Waals surface area contributed by atoms with Crippen LogP contribution in [0.2, 0.25) is 0 Å².